The first-order valence-corrected chi connectivity index (χ1v) is 10.1. The predicted molar refractivity (Wildman–Crippen MR) is 110 cm³/mol. The van der Waals surface area contributed by atoms with Crippen molar-refractivity contribution in [2.75, 3.05) is 13.1 Å². The molecule has 2 N–H and O–H groups in total. The van der Waals surface area contributed by atoms with Crippen molar-refractivity contribution in [2.45, 2.75) is 31.8 Å². The van der Waals surface area contributed by atoms with Gasteiger partial charge >= 0.3 is 0 Å². The van der Waals surface area contributed by atoms with Crippen molar-refractivity contribution in [3.05, 3.63) is 53.3 Å². The highest BCUT2D eigenvalue weighted by Crippen LogP contribution is 2.40. The number of amides is 1. The van der Waals surface area contributed by atoms with E-state index in [9.17, 15) is 14.3 Å². The number of nitrogens with one attached hydrogen (secondary N) is 1. The zero-order valence-electron chi connectivity index (χ0n) is 16.3. The average molecular weight is 430 g/mol. The van der Waals surface area contributed by atoms with Crippen molar-refractivity contribution in [3.63, 3.8) is 0 Å². The van der Waals surface area contributed by atoms with E-state index in [2.05, 4.69) is 20.2 Å². The van der Waals surface area contributed by atoms with Crippen LogP contribution in [0.3, 0.4) is 0 Å². The van der Waals surface area contributed by atoms with Gasteiger partial charge in [-0.25, -0.2) is 14.4 Å². The van der Waals surface area contributed by atoms with Gasteiger partial charge in [-0.15, -0.1) is 0 Å². The van der Waals surface area contributed by atoms with E-state index in [0.29, 0.717) is 48.4 Å². The SMILES string of the molecule is CC(O)C(=O)N1CCC(c2[nH]nc(-c3cccc(Cl)c3F)c2-c2ccncn2)CC1. The second kappa shape index (κ2) is 8.49. The highest BCUT2D eigenvalue weighted by molar-refractivity contribution is 6.31. The number of aromatic amines is 1. The highest BCUT2D eigenvalue weighted by atomic mass is 35.5. The first-order chi connectivity index (χ1) is 14.5. The standard InChI is InChI=1S/C21H21ClFN5O2/c1-12(29)21(30)28-9-6-13(7-10-28)19-17(16-5-8-24-11-25-16)20(27-26-19)14-3-2-4-15(22)18(14)23/h2-5,8,11-13,29H,6-7,9-10H2,1H3,(H,26,27). The van der Waals surface area contributed by atoms with Crippen LogP contribution in [0.2, 0.25) is 5.02 Å². The Hall–Kier alpha value is -2.84. The maximum absolute atomic E-state index is 14.8. The zero-order chi connectivity index (χ0) is 21.3. The lowest BCUT2D eigenvalue weighted by molar-refractivity contribution is -0.140. The fraction of sp³-hybridized carbons (Fsp3) is 0.333. The summed E-state index contributed by atoms with van der Waals surface area (Å²) in [5.74, 6) is -0.725. The summed E-state index contributed by atoms with van der Waals surface area (Å²) in [7, 11) is 0. The minimum atomic E-state index is -1.01. The summed E-state index contributed by atoms with van der Waals surface area (Å²) in [5, 5.41) is 17.1. The molecule has 0 aliphatic carbocycles. The van der Waals surface area contributed by atoms with Crippen LogP contribution in [0, 0.1) is 5.82 Å². The van der Waals surface area contributed by atoms with Crippen molar-refractivity contribution < 1.29 is 14.3 Å². The third-order valence-corrected chi connectivity index (χ3v) is 5.70. The van der Waals surface area contributed by atoms with Gasteiger partial charge in [-0.05, 0) is 38.0 Å². The molecule has 2 aromatic heterocycles. The summed E-state index contributed by atoms with van der Waals surface area (Å²) in [5.41, 5.74) is 2.91. The first-order valence-electron chi connectivity index (χ1n) is 9.73. The lowest BCUT2D eigenvalue weighted by atomic mass is 9.88. The molecular weight excluding hydrogens is 409 g/mol. The summed E-state index contributed by atoms with van der Waals surface area (Å²) in [6.45, 7) is 2.53. The van der Waals surface area contributed by atoms with Crippen LogP contribution < -0.4 is 0 Å². The molecule has 0 saturated carbocycles. The number of carbonyl (C=O) groups excluding carboxylic acids is 1. The van der Waals surface area contributed by atoms with E-state index in [1.165, 1.54) is 19.3 Å². The van der Waals surface area contributed by atoms with Crippen molar-refractivity contribution in [1.82, 2.24) is 25.1 Å². The van der Waals surface area contributed by atoms with E-state index < -0.39 is 11.9 Å². The first kappa shape index (κ1) is 20.4. The van der Waals surface area contributed by atoms with Crippen LogP contribution in [0.4, 0.5) is 4.39 Å². The van der Waals surface area contributed by atoms with Gasteiger partial charge in [0.15, 0.2) is 5.82 Å². The number of rotatable bonds is 4. The average Bonchev–Trinajstić information content (AvgIpc) is 3.20. The maximum Gasteiger partial charge on any atom is 0.251 e. The molecule has 0 spiro atoms. The smallest absolute Gasteiger partial charge is 0.251 e. The Kier molecular flexibility index (Phi) is 5.78. The molecule has 3 aromatic rings. The summed E-state index contributed by atoms with van der Waals surface area (Å²) in [4.78, 5) is 22.1. The van der Waals surface area contributed by atoms with Gasteiger partial charge < -0.3 is 10.0 Å². The number of benzene rings is 1. The second-order valence-electron chi connectivity index (χ2n) is 7.33. The van der Waals surface area contributed by atoms with Crippen LogP contribution in [0.25, 0.3) is 22.5 Å². The number of piperidine rings is 1. The van der Waals surface area contributed by atoms with E-state index in [1.807, 2.05) is 0 Å². The molecule has 0 radical (unpaired) electrons. The number of aliphatic hydroxyl groups is 1. The van der Waals surface area contributed by atoms with Gasteiger partial charge in [0, 0.05) is 42.0 Å². The van der Waals surface area contributed by atoms with Crippen LogP contribution in [0.15, 0.2) is 36.8 Å². The Morgan fingerprint density at radius 2 is 2.10 bits per heavy atom. The van der Waals surface area contributed by atoms with Gasteiger partial charge in [-0.3, -0.25) is 9.89 Å². The Balaban J connectivity index is 1.72. The minimum absolute atomic E-state index is 0.0237. The maximum atomic E-state index is 14.8. The summed E-state index contributed by atoms with van der Waals surface area (Å²) >= 11 is 5.99. The number of hydrogen-bond donors (Lipinski definition) is 2. The number of aromatic nitrogens is 4. The van der Waals surface area contributed by atoms with Crippen LogP contribution >= 0.6 is 11.6 Å². The Labute approximate surface area is 177 Å². The minimum Gasteiger partial charge on any atom is -0.384 e. The van der Waals surface area contributed by atoms with Gasteiger partial charge in [0.2, 0.25) is 0 Å². The molecule has 1 fully saturated rings. The van der Waals surface area contributed by atoms with Crippen LogP contribution in [-0.4, -0.2) is 55.3 Å². The van der Waals surface area contributed by atoms with Gasteiger partial charge in [-0.2, -0.15) is 5.10 Å². The molecule has 1 aliphatic rings. The molecule has 1 unspecified atom stereocenters. The van der Waals surface area contributed by atoms with Gasteiger partial charge in [0.05, 0.1) is 10.7 Å². The van der Waals surface area contributed by atoms with Crippen LogP contribution in [0.1, 0.15) is 31.4 Å². The molecule has 7 nitrogen and oxygen atoms in total. The molecule has 1 aromatic carbocycles. The molecule has 1 saturated heterocycles. The van der Waals surface area contributed by atoms with Crippen molar-refractivity contribution in [1.29, 1.82) is 0 Å². The van der Waals surface area contributed by atoms with Crippen molar-refractivity contribution >= 4 is 17.5 Å². The van der Waals surface area contributed by atoms with Crippen LogP contribution in [0.5, 0.6) is 0 Å². The lowest BCUT2D eigenvalue weighted by Crippen LogP contribution is -2.42. The normalized spacial score (nSPS) is 15.9. The van der Waals surface area contributed by atoms with Gasteiger partial charge in [0.1, 0.15) is 18.1 Å². The summed E-state index contributed by atoms with van der Waals surface area (Å²) < 4.78 is 14.8. The molecule has 0 bridgehead atoms. The molecule has 1 atom stereocenters. The molecule has 3 heterocycles. The molecule has 4 rings (SSSR count). The van der Waals surface area contributed by atoms with E-state index in [4.69, 9.17) is 11.6 Å². The fourth-order valence-corrected chi connectivity index (χ4v) is 4.06. The highest BCUT2D eigenvalue weighted by Gasteiger charge is 2.30. The van der Waals surface area contributed by atoms with Crippen molar-refractivity contribution in [2.24, 2.45) is 0 Å². The molecule has 1 amide bonds. The topological polar surface area (TPSA) is 95.0 Å². The van der Waals surface area contributed by atoms with Gasteiger partial charge in [-0.1, -0.05) is 17.7 Å². The monoisotopic (exact) mass is 429 g/mol. The molecule has 1 aliphatic heterocycles. The quantitative estimate of drug-likeness (QED) is 0.662. The molecule has 156 valence electrons. The molecular formula is C21H21ClFN5O2. The van der Waals surface area contributed by atoms with E-state index in [-0.39, 0.29) is 16.8 Å². The largest absolute Gasteiger partial charge is 0.384 e. The lowest BCUT2D eigenvalue weighted by Gasteiger charge is -2.32. The Morgan fingerprint density at radius 1 is 1.33 bits per heavy atom. The number of likely N-dealkylation sites (tertiary alicyclic amines) is 1. The molecule has 9 heteroatoms. The third kappa shape index (κ3) is 3.80. The number of carbonyl (C=O) groups is 1. The Bertz CT molecular complexity index is 1050. The number of nitrogens with zero attached hydrogens (tertiary/aromatic N) is 4. The van der Waals surface area contributed by atoms with Gasteiger partial charge in [0.25, 0.3) is 5.91 Å². The van der Waals surface area contributed by atoms with E-state index in [0.717, 1.165) is 5.69 Å². The Morgan fingerprint density at radius 3 is 2.77 bits per heavy atom. The van der Waals surface area contributed by atoms with Crippen LogP contribution in [-0.2, 0) is 4.79 Å². The van der Waals surface area contributed by atoms with Crippen molar-refractivity contribution in [3.8, 4) is 22.5 Å². The number of aliphatic hydroxyl groups excluding tert-OH is 1. The fourth-order valence-electron chi connectivity index (χ4n) is 3.88. The summed E-state index contributed by atoms with van der Waals surface area (Å²) in [6.07, 6.45) is 3.43. The number of halogens is 2. The predicted octanol–water partition coefficient (Wildman–Crippen LogP) is 3.41. The third-order valence-electron chi connectivity index (χ3n) is 5.41. The second-order valence-corrected chi connectivity index (χ2v) is 7.74. The zero-order valence-corrected chi connectivity index (χ0v) is 17.1. The molecule has 30 heavy (non-hydrogen) atoms. The van der Waals surface area contributed by atoms with E-state index >= 15 is 0 Å². The summed E-state index contributed by atoms with van der Waals surface area (Å²) in [6, 6.07) is 6.56. The number of H-pyrrole nitrogens is 1. The van der Waals surface area contributed by atoms with E-state index in [1.54, 1.807) is 29.3 Å². The number of hydrogen-bond acceptors (Lipinski definition) is 5.